The Kier molecular flexibility index (Phi) is 5.04. The lowest BCUT2D eigenvalue weighted by atomic mass is 10.2. The molecule has 3 aromatic rings. The summed E-state index contributed by atoms with van der Waals surface area (Å²) in [5.74, 6) is 1.43. The summed E-state index contributed by atoms with van der Waals surface area (Å²) in [5, 5.41) is 0. The van der Waals surface area contributed by atoms with Gasteiger partial charge in [-0.25, -0.2) is 9.97 Å². The number of piperazine rings is 1. The molecule has 1 fully saturated rings. The SMILES string of the molecule is FC(F)(F)c1ccc(N2CCN(Cc3cnc(-c4ccccc4)[nH]3)CC2)nc1. The third kappa shape index (κ3) is 4.17. The van der Waals surface area contributed by atoms with Crippen molar-refractivity contribution < 1.29 is 13.2 Å². The van der Waals surface area contributed by atoms with Crippen molar-refractivity contribution in [3.8, 4) is 11.4 Å². The topological polar surface area (TPSA) is 48.0 Å². The van der Waals surface area contributed by atoms with Crippen LogP contribution >= 0.6 is 0 Å². The number of nitrogens with zero attached hydrogens (tertiary/aromatic N) is 4. The average molecular weight is 387 g/mol. The number of H-pyrrole nitrogens is 1. The predicted molar refractivity (Wildman–Crippen MR) is 101 cm³/mol. The number of nitrogens with one attached hydrogen (secondary N) is 1. The number of hydrogen-bond donors (Lipinski definition) is 1. The second kappa shape index (κ2) is 7.63. The van der Waals surface area contributed by atoms with Crippen molar-refractivity contribution in [1.82, 2.24) is 19.9 Å². The minimum Gasteiger partial charge on any atom is -0.354 e. The number of pyridine rings is 1. The molecule has 0 spiro atoms. The third-order valence-corrected chi connectivity index (χ3v) is 4.84. The Balaban J connectivity index is 1.33. The molecule has 0 bridgehead atoms. The molecule has 5 nitrogen and oxygen atoms in total. The van der Waals surface area contributed by atoms with Gasteiger partial charge in [-0.15, -0.1) is 0 Å². The number of hydrogen-bond acceptors (Lipinski definition) is 4. The Labute approximate surface area is 160 Å². The highest BCUT2D eigenvalue weighted by molar-refractivity contribution is 5.54. The fourth-order valence-electron chi connectivity index (χ4n) is 3.30. The number of benzene rings is 1. The molecule has 3 heterocycles. The van der Waals surface area contributed by atoms with Crippen LogP contribution in [-0.4, -0.2) is 46.0 Å². The van der Waals surface area contributed by atoms with Gasteiger partial charge in [0.25, 0.3) is 0 Å². The molecule has 0 saturated carbocycles. The van der Waals surface area contributed by atoms with Gasteiger partial charge in [0, 0.05) is 56.4 Å². The van der Waals surface area contributed by atoms with E-state index in [9.17, 15) is 13.2 Å². The highest BCUT2D eigenvalue weighted by atomic mass is 19.4. The molecule has 1 aliphatic heterocycles. The van der Waals surface area contributed by atoms with E-state index in [4.69, 9.17) is 0 Å². The summed E-state index contributed by atoms with van der Waals surface area (Å²) in [6.07, 6.45) is -1.60. The molecule has 0 atom stereocenters. The normalized spacial score (nSPS) is 15.8. The van der Waals surface area contributed by atoms with Crippen LogP contribution in [0.25, 0.3) is 11.4 Å². The van der Waals surface area contributed by atoms with E-state index in [1.807, 2.05) is 41.4 Å². The van der Waals surface area contributed by atoms with Crippen molar-refractivity contribution in [2.75, 3.05) is 31.1 Å². The van der Waals surface area contributed by atoms with Crippen LogP contribution in [0.15, 0.2) is 54.9 Å². The largest absolute Gasteiger partial charge is 0.417 e. The zero-order valence-electron chi connectivity index (χ0n) is 15.2. The van der Waals surface area contributed by atoms with Gasteiger partial charge in [-0.05, 0) is 12.1 Å². The maximum atomic E-state index is 12.7. The van der Waals surface area contributed by atoms with Crippen LogP contribution in [-0.2, 0) is 12.7 Å². The smallest absolute Gasteiger partial charge is 0.354 e. The first-order valence-corrected chi connectivity index (χ1v) is 9.09. The summed E-state index contributed by atoms with van der Waals surface area (Å²) < 4.78 is 38.0. The quantitative estimate of drug-likeness (QED) is 0.740. The van der Waals surface area contributed by atoms with Crippen LogP contribution in [0.5, 0.6) is 0 Å². The minimum atomic E-state index is -4.35. The van der Waals surface area contributed by atoms with Crippen LogP contribution in [0.4, 0.5) is 19.0 Å². The van der Waals surface area contributed by atoms with E-state index >= 15 is 0 Å². The summed E-state index contributed by atoms with van der Waals surface area (Å²) in [7, 11) is 0. The van der Waals surface area contributed by atoms with Gasteiger partial charge in [-0.3, -0.25) is 4.90 Å². The van der Waals surface area contributed by atoms with Gasteiger partial charge in [0.1, 0.15) is 11.6 Å². The van der Waals surface area contributed by atoms with Crippen LogP contribution in [0, 0.1) is 0 Å². The summed E-state index contributed by atoms with van der Waals surface area (Å²) in [4.78, 5) is 16.1. The molecule has 8 heteroatoms. The zero-order valence-corrected chi connectivity index (χ0v) is 15.2. The van der Waals surface area contributed by atoms with Gasteiger partial charge in [0.15, 0.2) is 0 Å². The molecule has 0 unspecified atom stereocenters. The number of alkyl halides is 3. The van der Waals surface area contributed by atoms with Gasteiger partial charge in [-0.2, -0.15) is 13.2 Å². The standard InChI is InChI=1S/C20H20F3N5/c21-20(22,23)16-6-7-18(24-12-16)28-10-8-27(9-11-28)14-17-13-25-19(26-17)15-4-2-1-3-5-15/h1-7,12-13H,8-11,14H2,(H,25,26). The van der Waals surface area contributed by atoms with E-state index in [1.165, 1.54) is 6.07 Å². The molecular formula is C20H20F3N5. The summed E-state index contributed by atoms with van der Waals surface area (Å²) >= 11 is 0. The first-order chi connectivity index (χ1) is 13.5. The van der Waals surface area contributed by atoms with Crippen LogP contribution in [0.2, 0.25) is 0 Å². The molecule has 1 aromatic carbocycles. The van der Waals surface area contributed by atoms with E-state index in [0.717, 1.165) is 62.1 Å². The second-order valence-electron chi connectivity index (χ2n) is 6.79. The first kappa shape index (κ1) is 18.5. The maximum Gasteiger partial charge on any atom is 0.417 e. The molecule has 2 aromatic heterocycles. The average Bonchev–Trinajstić information content (AvgIpc) is 3.17. The highest BCUT2D eigenvalue weighted by Crippen LogP contribution is 2.29. The van der Waals surface area contributed by atoms with Crippen molar-refractivity contribution in [2.24, 2.45) is 0 Å². The van der Waals surface area contributed by atoms with E-state index < -0.39 is 11.7 Å². The first-order valence-electron chi connectivity index (χ1n) is 9.09. The van der Waals surface area contributed by atoms with E-state index in [2.05, 4.69) is 19.9 Å². The molecule has 4 rings (SSSR count). The number of halogens is 3. The van der Waals surface area contributed by atoms with Gasteiger partial charge in [-0.1, -0.05) is 30.3 Å². The molecular weight excluding hydrogens is 367 g/mol. The molecule has 1 aliphatic rings. The second-order valence-corrected chi connectivity index (χ2v) is 6.79. The van der Waals surface area contributed by atoms with Crippen molar-refractivity contribution >= 4 is 5.82 Å². The number of aromatic amines is 1. The van der Waals surface area contributed by atoms with E-state index in [0.29, 0.717) is 5.82 Å². The molecule has 0 radical (unpaired) electrons. The van der Waals surface area contributed by atoms with Crippen LogP contribution in [0.3, 0.4) is 0 Å². The van der Waals surface area contributed by atoms with E-state index in [1.54, 1.807) is 0 Å². The predicted octanol–water partition coefficient (Wildman–Crippen LogP) is 3.81. The molecule has 146 valence electrons. The number of anilines is 1. The molecule has 1 N–H and O–H groups in total. The number of rotatable bonds is 4. The molecule has 28 heavy (non-hydrogen) atoms. The summed E-state index contributed by atoms with van der Waals surface area (Å²) in [6.45, 7) is 3.81. The zero-order chi connectivity index (χ0) is 19.6. The highest BCUT2D eigenvalue weighted by Gasteiger charge is 2.31. The van der Waals surface area contributed by atoms with Gasteiger partial charge < -0.3 is 9.88 Å². The Morgan fingerprint density at radius 2 is 1.64 bits per heavy atom. The van der Waals surface area contributed by atoms with Gasteiger partial charge >= 0.3 is 6.18 Å². The Bertz CT molecular complexity index is 898. The Morgan fingerprint density at radius 3 is 2.29 bits per heavy atom. The fourth-order valence-corrected chi connectivity index (χ4v) is 3.30. The van der Waals surface area contributed by atoms with Gasteiger partial charge in [0.2, 0.25) is 0 Å². The molecule has 1 saturated heterocycles. The lowest BCUT2D eigenvalue weighted by Crippen LogP contribution is -2.46. The third-order valence-electron chi connectivity index (χ3n) is 4.84. The van der Waals surface area contributed by atoms with Crippen molar-refractivity contribution in [3.05, 3.63) is 66.1 Å². The van der Waals surface area contributed by atoms with E-state index in [-0.39, 0.29) is 0 Å². The lowest BCUT2D eigenvalue weighted by molar-refractivity contribution is -0.137. The Morgan fingerprint density at radius 1 is 0.893 bits per heavy atom. The monoisotopic (exact) mass is 387 g/mol. The lowest BCUT2D eigenvalue weighted by Gasteiger charge is -2.35. The number of imidazole rings is 1. The van der Waals surface area contributed by atoms with Crippen molar-refractivity contribution in [3.63, 3.8) is 0 Å². The van der Waals surface area contributed by atoms with Crippen LogP contribution in [0.1, 0.15) is 11.3 Å². The molecule has 0 amide bonds. The van der Waals surface area contributed by atoms with Gasteiger partial charge in [0.05, 0.1) is 5.56 Å². The van der Waals surface area contributed by atoms with Crippen molar-refractivity contribution in [2.45, 2.75) is 12.7 Å². The molecule has 0 aliphatic carbocycles. The van der Waals surface area contributed by atoms with Crippen LogP contribution < -0.4 is 4.90 Å². The summed E-state index contributed by atoms with van der Waals surface area (Å²) in [5.41, 5.74) is 1.37. The number of aromatic nitrogens is 3. The summed E-state index contributed by atoms with van der Waals surface area (Å²) in [6, 6.07) is 12.5. The maximum absolute atomic E-state index is 12.7. The minimum absolute atomic E-state index is 0.584. The fraction of sp³-hybridized carbons (Fsp3) is 0.300. The Hall–Kier alpha value is -2.87. The van der Waals surface area contributed by atoms with Crippen molar-refractivity contribution in [1.29, 1.82) is 0 Å².